The molecular formula is C11H14ClNO5S. The highest BCUT2D eigenvalue weighted by Crippen LogP contribution is 2.28. The van der Waals surface area contributed by atoms with Crippen molar-refractivity contribution in [2.75, 3.05) is 18.1 Å². The van der Waals surface area contributed by atoms with Crippen molar-refractivity contribution in [3.8, 4) is 5.75 Å². The summed E-state index contributed by atoms with van der Waals surface area (Å²) in [5.41, 5.74) is -0.192. The fourth-order valence-corrected chi connectivity index (χ4v) is 2.42. The minimum Gasteiger partial charge on any atom is -0.494 e. The van der Waals surface area contributed by atoms with Crippen LogP contribution in [0.5, 0.6) is 5.75 Å². The molecule has 0 bridgehead atoms. The molecule has 0 unspecified atom stereocenters. The van der Waals surface area contributed by atoms with Gasteiger partial charge in [-0.2, -0.15) is 0 Å². The fourth-order valence-electron chi connectivity index (χ4n) is 1.34. The second-order valence-electron chi connectivity index (χ2n) is 3.81. The van der Waals surface area contributed by atoms with Crippen molar-refractivity contribution in [3.63, 3.8) is 0 Å². The van der Waals surface area contributed by atoms with E-state index < -0.39 is 14.8 Å². The maximum Gasteiger partial charge on any atom is 0.288 e. The third-order valence-corrected chi connectivity index (χ3v) is 4.52. The number of hydrogen-bond donors (Lipinski definition) is 0. The Bertz CT molecular complexity index is 558. The average Bonchev–Trinajstić information content (AvgIpc) is 2.34. The van der Waals surface area contributed by atoms with Gasteiger partial charge in [-0.15, -0.1) is 0 Å². The maximum absolute atomic E-state index is 11.2. The monoisotopic (exact) mass is 307 g/mol. The van der Waals surface area contributed by atoms with E-state index in [4.69, 9.17) is 16.3 Å². The van der Waals surface area contributed by atoms with E-state index in [1.165, 1.54) is 18.2 Å². The fraction of sp³-hybridized carbons (Fsp3) is 0.455. The third kappa shape index (κ3) is 5.04. The van der Waals surface area contributed by atoms with Gasteiger partial charge in [0.05, 0.1) is 17.3 Å². The first-order valence-corrected chi connectivity index (χ1v) is 7.83. The Morgan fingerprint density at radius 3 is 2.63 bits per heavy atom. The summed E-state index contributed by atoms with van der Waals surface area (Å²) in [5.74, 6) is 0.546. The summed E-state index contributed by atoms with van der Waals surface area (Å²) in [6, 6.07) is 4.02. The molecule has 19 heavy (non-hydrogen) atoms. The van der Waals surface area contributed by atoms with E-state index in [0.29, 0.717) is 12.2 Å². The first kappa shape index (κ1) is 15.7. The van der Waals surface area contributed by atoms with Crippen LogP contribution in [-0.4, -0.2) is 31.5 Å². The molecule has 8 heteroatoms. The number of hydrogen-bond acceptors (Lipinski definition) is 5. The highest BCUT2D eigenvalue weighted by molar-refractivity contribution is 7.91. The SMILES string of the molecule is CCS(=O)(=O)CCCOc1ccc([N+](=O)[O-])c(Cl)c1. The average molecular weight is 308 g/mol. The second kappa shape index (κ2) is 6.72. The Morgan fingerprint density at radius 2 is 2.11 bits per heavy atom. The molecule has 0 fully saturated rings. The number of rotatable bonds is 7. The molecule has 0 amide bonds. The van der Waals surface area contributed by atoms with Gasteiger partial charge >= 0.3 is 0 Å². The summed E-state index contributed by atoms with van der Waals surface area (Å²) in [4.78, 5) is 9.97. The Hall–Kier alpha value is -1.34. The highest BCUT2D eigenvalue weighted by Gasteiger charge is 2.12. The lowest BCUT2D eigenvalue weighted by Gasteiger charge is -2.06. The van der Waals surface area contributed by atoms with E-state index >= 15 is 0 Å². The van der Waals surface area contributed by atoms with Crippen LogP contribution >= 0.6 is 11.6 Å². The third-order valence-electron chi connectivity index (χ3n) is 2.42. The molecule has 0 radical (unpaired) electrons. The van der Waals surface area contributed by atoms with E-state index in [9.17, 15) is 18.5 Å². The summed E-state index contributed by atoms with van der Waals surface area (Å²) in [6.07, 6.45) is 0.366. The topological polar surface area (TPSA) is 86.5 Å². The summed E-state index contributed by atoms with van der Waals surface area (Å²) >= 11 is 5.71. The number of sulfone groups is 1. The largest absolute Gasteiger partial charge is 0.494 e. The van der Waals surface area contributed by atoms with Crippen LogP contribution in [0.2, 0.25) is 5.02 Å². The number of ether oxygens (including phenoxy) is 1. The van der Waals surface area contributed by atoms with Crippen molar-refractivity contribution in [1.29, 1.82) is 0 Å². The van der Waals surface area contributed by atoms with Gasteiger partial charge in [0.25, 0.3) is 5.69 Å². The summed E-state index contributed by atoms with van der Waals surface area (Å²) < 4.78 is 27.8. The van der Waals surface area contributed by atoms with Crippen molar-refractivity contribution >= 4 is 27.1 Å². The van der Waals surface area contributed by atoms with Crippen molar-refractivity contribution in [2.45, 2.75) is 13.3 Å². The lowest BCUT2D eigenvalue weighted by atomic mass is 10.3. The Morgan fingerprint density at radius 1 is 1.42 bits per heavy atom. The number of nitro benzene ring substituents is 1. The number of benzene rings is 1. The van der Waals surface area contributed by atoms with Crippen molar-refractivity contribution in [2.24, 2.45) is 0 Å². The Labute approximate surface area is 116 Å². The van der Waals surface area contributed by atoms with Gasteiger partial charge in [-0.05, 0) is 12.5 Å². The minimum absolute atomic E-state index is 0.0105. The molecule has 0 saturated heterocycles. The first-order chi connectivity index (χ1) is 8.85. The van der Waals surface area contributed by atoms with Gasteiger partial charge in [-0.1, -0.05) is 18.5 Å². The zero-order valence-corrected chi connectivity index (χ0v) is 11.9. The van der Waals surface area contributed by atoms with Crippen LogP contribution in [0.15, 0.2) is 18.2 Å². The van der Waals surface area contributed by atoms with Crippen LogP contribution in [0.3, 0.4) is 0 Å². The molecular weight excluding hydrogens is 294 g/mol. The van der Waals surface area contributed by atoms with E-state index in [1.807, 2.05) is 0 Å². The van der Waals surface area contributed by atoms with Crippen molar-refractivity contribution < 1.29 is 18.1 Å². The number of nitrogens with zero attached hydrogens (tertiary/aromatic N) is 1. The van der Waals surface area contributed by atoms with Crippen molar-refractivity contribution in [3.05, 3.63) is 33.3 Å². The molecule has 6 nitrogen and oxygen atoms in total. The van der Waals surface area contributed by atoms with Crippen molar-refractivity contribution in [1.82, 2.24) is 0 Å². The van der Waals surface area contributed by atoms with Crippen LogP contribution in [0, 0.1) is 10.1 Å². The minimum atomic E-state index is -3.00. The molecule has 1 rings (SSSR count). The predicted octanol–water partition coefficient (Wildman–Crippen LogP) is 2.45. The first-order valence-electron chi connectivity index (χ1n) is 5.63. The van der Waals surface area contributed by atoms with Gasteiger partial charge in [-0.3, -0.25) is 10.1 Å². The van der Waals surface area contributed by atoms with Gasteiger partial charge in [0.15, 0.2) is 0 Å². The zero-order chi connectivity index (χ0) is 14.5. The van der Waals surface area contributed by atoms with Gasteiger partial charge in [-0.25, -0.2) is 8.42 Å². The molecule has 1 aromatic carbocycles. The molecule has 0 spiro atoms. The predicted molar refractivity (Wildman–Crippen MR) is 72.5 cm³/mol. The standard InChI is InChI=1S/C11H14ClNO5S/c1-2-19(16,17)7-3-6-18-9-4-5-11(13(14)15)10(12)8-9/h4-5,8H,2-3,6-7H2,1H3. The Kier molecular flexibility index (Phi) is 5.56. The number of nitro groups is 1. The summed E-state index contributed by atoms with van der Waals surface area (Å²) in [6.45, 7) is 1.81. The molecule has 0 N–H and O–H groups in total. The molecule has 0 aliphatic carbocycles. The molecule has 0 aliphatic rings. The van der Waals surface area contributed by atoms with Gasteiger partial charge in [0.2, 0.25) is 0 Å². The van der Waals surface area contributed by atoms with Gasteiger partial charge in [0, 0.05) is 17.9 Å². The quantitative estimate of drug-likeness (QED) is 0.439. The molecule has 0 saturated carbocycles. The molecule has 0 heterocycles. The molecule has 0 aliphatic heterocycles. The van der Waals surface area contributed by atoms with Crippen LogP contribution in [0.1, 0.15) is 13.3 Å². The molecule has 0 aromatic heterocycles. The van der Waals surface area contributed by atoms with Gasteiger partial charge < -0.3 is 4.74 Å². The van der Waals surface area contributed by atoms with Crippen LogP contribution in [0.25, 0.3) is 0 Å². The second-order valence-corrected chi connectivity index (χ2v) is 6.69. The molecule has 106 valence electrons. The number of halogens is 1. The molecule has 0 atom stereocenters. The summed E-state index contributed by atoms with van der Waals surface area (Å²) in [7, 11) is -3.00. The lowest BCUT2D eigenvalue weighted by Crippen LogP contribution is -2.11. The smallest absolute Gasteiger partial charge is 0.288 e. The highest BCUT2D eigenvalue weighted by atomic mass is 35.5. The normalized spacial score (nSPS) is 11.3. The zero-order valence-electron chi connectivity index (χ0n) is 10.3. The lowest BCUT2D eigenvalue weighted by molar-refractivity contribution is -0.384. The molecule has 1 aromatic rings. The maximum atomic E-state index is 11.2. The van der Waals surface area contributed by atoms with Crippen LogP contribution in [-0.2, 0) is 9.84 Å². The van der Waals surface area contributed by atoms with E-state index in [1.54, 1.807) is 6.92 Å². The van der Waals surface area contributed by atoms with Gasteiger partial charge in [0.1, 0.15) is 20.6 Å². The van der Waals surface area contributed by atoms with E-state index in [0.717, 1.165) is 0 Å². The van der Waals surface area contributed by atoms with E-state index in [2.05, 4.69) is 0 Å². The Balaban J connectivity index is 2.51. The van der Waals surface area contributed by atoms with Crippen LogP contribution < -0.4 is 4.74 Å². The summed E-state index contributed by atoms with van der Waals surface area (Å²) in [5, 5.41) is 10.5. The van der Waals surface area contributed by atoms with E-state index in [-0.39, 0.29) is 28.8 Å². The van der Waals surface area contributed by atoms with Crippen LogP contribution in [0.4, 0.5) is 5.69 Å².